The molecule has 0 atom stereocenters. The summed E-state index contributed by atoms with van der Waals surface area (Å²) in [5.74, 6) is 0. The van der Waals surface area contributed by atoms with Crippen LogP contribution in [-0.2, 0) is 18.9 Å². The molecule has 0 aromatic rings. The molecule has 1 rings (SSSR count). The molecule has 4 nitrogen and oxygen atoms in total. The zero-order chi connectivity index (χ0) is 15.1. The van der Waals surface area contributed by atoms with Crippen molar-refractivity contribution in [2.24, 2.45) is 5.41 Å². The number of methoxy groups -OCH3 is 4. The molecule has 0 bridgehead atoms. The van der Waals surface area contributed by atoms with Crippen LogP contribution in [0.2, 0.25) is 0 Å². The summed E-state index contributed by atoms with van der Waals surface area (Å²) >= 11 is 0. The van der Waals surface area contributed by atoms with E-state index in [1.807, 2.05) is 12.2 Å². The molecule has 4 heteroatoms. The Balaban J connectivity index is 0.000000396. The van der Waals surface area contributed by atoms with Crippen LogP contribution in [-0.4, -0.2) is 54.9 Å². The first-order valence-electron chi connectivity index (χ1n) is 7.00. The summed E-state index contributed by atoms with van der Waals surface area (Å²) < 4.78 is 19.9. The second-order valence-electron chi connectivity index (χ2n) is 4.96. The predicted molar refractivity (Wildman–Crippen MR) is 82.1 cm³/mol. The molecule has 0 amide bonds. The van der Waals surface area contributed by atoms with Crippen molar-refractivity contribution in [2.45, 2.75) is 19.3 Å². The monoisotopic (exact) mass is 286 g/mol. The zero-order valence-electron chi connectivity index (χ0n) is 13.4. The first-order valence-corrected chi connectivity index (χ1v) is 7.00. The third-order valence-electron chi connectivity index (χ3n) is 3.15. The van der Waals surface area contributed by atoms with E-state index in [1.54, 1.807) is 28.4 Å². The topological polar surface area (TPSA) is 36.9 Å². The van der Waals surface area contributed by atoms with E-state index in [2.05, 4.69) is 12.2 Å². The summed E-state index contributed by atoms with van der Waals surface area (Å²) in [5, 5.41) is 0. The predicted octanol–water partition coefficient (Wildman–Crippen LogP) is 2.84. The number of hydrogen-bond donors (Lipinski definition) is 0. The Morgan fingerprint density at radius 3 is 1.75 bits per heavy atom. The highest BCUT2D eigenvalue weighted by Crippen LogP contribution is 2.33. The largest absolute Gasteiger partial charge is 0.384 e. The Labute approximate surface area is 123 Å². The Hall–Kier alpha value is -0.680. The van der Waals surface area contributed by atoms with Gasteiger partial charge in [-0.05, 0) is 19.3 Å². The van der Waals surface area contributed by atoms with E-state index in [0.717, 1.165) is 26.1 Å². The highest BCUT2D eigenvalue weighted by molar-refractivity contribution is 4.97. The SMILES string of the molecule is COCC1(COC)CC=CCC1.COCC=CCOC. The molecule has 0 saturated carbocycles. The van der Waals surface area contributed by atoms with Gasteiger partial charge in [-0.2, -0.15) is 0 Å². The quantitative estimate of drug-likeness (QED) is 0.643. The van der Waals surface area contributed by atoms with Crippen molar-refractivity contribution >= 4 is 0 Å². The van der Waals surface area contributed by atoms with Gasteiger partial charge in [-0.15, -0.1) is 0 Å². The van der Waals surface area contributed by atoms with Gasteiger partial charge in [0.25, 0.3) is 0 Å². The molecule has 0 aromatic heterocycles. The van der Waals surface area contributed by atoms with Gasteiger partial charge in [-0.3, -0.25) is 0 Å². The second kappa shape index (κ2) is 13.3. The maximum atomic E-state index is 5.22. The molecule has 0 unspecified atom stereocenters. The van der Waals surface area contributed by atoms with E-state index in [0.29, 0.717) is 13.2 Å². The zero-order valence-corrected chi connectivity index (χ0v) is 13.4. The van der Waals surface area contributed by atoms with Crippen molar-refractivity contribution < 1.29 is 18.9 Å². The van der Waals surface area contributed by atoms with Gasteiger partial charge in [0.2, 0.25) is 0 Å². The Morgan fingerprint density at radius 2 is 1.40 bits per heavy atom. The molecular formula is C16H30O4. The van der Waals surface area contributed by atoms with Gasteiger partial charge in [-0.1, -0.05) is 24.3 Å². The second-order valence-corrected chi connectivity index (χ2v) is 4.96. The van der Waals surface area contributed by atoms with Crippen LogP contribution < -0.4 is 0 Å². The normalized spacial score (nSPS) is 17.0. The smallest absolute Gasteiger partial charge is 0.0644 e. The highest BCUT2D eigenvalue weighted by Gasteiger charge is 2.29. The van der Waals surface area contributed by atoms with Gasteiger partial charge < -0.3 is 18.9 Å². The fourth-order valence-electron chi connectivity index (χ4n) is 2.19. The number of hydrogen-bond acceptors (Lipinski definition) is 4. The minimum Gasteiger partial charge on any atom is -0.384 e. The lowest BCUT2D eigenvalue weighted by Crippen LogP contribution is -2.32. The van der Waals surface area contributed by atoms with Crippen molar-refractivity contribution in [3.63, 3.8) is 0 Å². The van der Waals surface area contributed by atoms with Gasteiger partial charge in [0.15, 0.2) is 0 Å². The van der Waals surface area contributed by atoms with Crippen LogP contribution in [0.15, 0.2) is 24.3 Å². The van der Waals surface area contributed by atoms with Crippen molar-refractivity contribution in [3.05, 3.63) is 24.3 Å². The van der Waals surface area contributed by atoms with Crippen molar-refractivity contribution in [3.8, 4) is 0 Å². The number of rotatable bonds is 8. The molecule has 20 heavy (non-hydrogen) atoms. The van der Waals surface area contributed by atoms with Gasteiger partial charge in [0.05, 0.1) is 26.4 Å². The van der Waals surface area contributed by atoms with Crippen molar-refractivity contribution in [1.82, 2.24) is 0 Å². The molecule has 0 radical (unpaired) electrons. The summed E-state index contributed by atoms with van der Waals surface area (Å²) in [4.78, 5) is 0. The fraction of sp³-hybridized carbons (Fsp3) is 0.750. The minimum absolute atomic E-state index is 0.248. The summed E-state index contributed by atoms with van der Waals surface area (Å²) in [5.41, 5.74) is 0.248. The molecule has 118 valence electrons. The van der Waals surface area contributed by atoms with Gasteiger partial charge >= 0.3 is 0 Å². The Bertz CT molecular complexity index is 247. The number of ether oxygens (including phenoxy) is 4. The van der Waals surface area contributed by atoms with E-state index < -0.39 is 0 Å². The summed E-state index contributed by atoms with van der Waals surface area (Å²) in [7, 11) is 6.85. The maximum Gasteiger partial charge on any atom is 0.0644 e. The van der Waals surface area contributed by atoms with E-state index in [9.17, 15) is 0 Å². The standard InChI is InChI=1S/C10H18O2.C6H12O2/c1-11-8-10(9-12-2)6-4-3-5-7-10;1-7-5-3-4-6-8-2/h3-4H,5-9H2,1-2H3;3-4H,5-6H2,1-2H3. The van der Waals surface area contributed by atoms with Gasteiger partial charge in [-0.25, -0.2) is 0 Å². The molecule has 0 aromatic carbocycles. The van der Waals surface area contributed by atoms with Crippen LogP contribution in [0.4, 0.5) is 0 Å². The molecule has 0 N–H and O–H groups in total. The molecule has 1 aliphatic carbocycles. The van der Waals surface area contributed by atoms with Gasteiger partial charge in [0.1, 0.15) is 0 Å². The average Bonchev–Trinajstić information content (AvgIpc) is 2.46. The van der Waals surface area contributed by atoms with E-state index >= 15 is 0 Å². The molecule has 0 aliphatic heterocycles. The first kappa shape index (κ1) is 19.3. The van der Waals surface area contributed by atoms with Crippen molar-refractivity contribution in [1.29, 1.82) is 0 Å². The third-order valence-corrected chi connectivity index (χ3v) is 3.15. The Morgan fingerprint density at radius 1 is 0.850 bits per heavy atom. The minimum atomic E-state index is 0.248. The van der Waals surface area contributed by atoms with Crippen molar-refractivity contribution in [2.75, 3.05) is 54.9 Å². The highest BCUT2D eigenvalue weighted by atomic mass is 16.5. The summed E-state index contributed by atoms with van der Waals surface area (Å²) in [6.07, 6.45) is 11.8. The summed E-state index contributed by atoms with van der Waals surface area (Å²) in [6, 6.07) is 0. The first-order chi connectivity index (χ1) is 9.74. The fourth-order valence-corrected chi connectivity index (χ4v) is 2.19. The lowest BCUT2D eigenvalue weighted by molar-refractivity contribution is 0.00437. The summed E-state index contributed by atoms with van der Waals surface area (Å²) in [6.45, 7) is 2.96. The van der Waals surface area contributed by atoms with E-state index in [-0.39, 0.29) is 5.41 Å². The molecule has 0 spiro atoms. The van der Waals surface area contributed by atoms with Crippen LogP contribution in [0.1, 0.15) is 19.3 Å². The maximum absolute atomic E-state index is 5.22. The van der Waals surface area contributed by atoms with Crippen LogP contribution >= 0.6 is 0 Å². The van der Waals surface area contributed by atoms with Gasteiger partial charge in [0, 0.05) is 33.9 Å². The Kier molecular flexibility index (Phi) is 12.9. The van der Waals surface area contributed by atoms with Crippen LogP contribution in [0.25, 0.3) is 0 Å². The molecular weight excluding hydrogens is 256 g/mol. The third kappa shape index (κ3) is 9.26. The lowest BCUT2D eigenvalue weighted by Gasteiger charge is -2.33. The molecule has 0 saturated heterocycles. The molecule has 1 aliphatic rings. The molecule has 0 heterocycles. The van der Waals surface area contributed by atoms with Crippen LogP contribution in [0.5, 0.6) is 0 Å². The lowest BCUT2D eigenvalue weighted by atomic mass is 9.78. The van der Waals surface area contributed by atoms with Crippen LogP contribution in [0, 0.1) is 5.41 Å². The van der Waals surface area contributed by atoms with Crippen LogP contribution in [0.3, 0.4) is 0 Å². The molecule has 0 fully saturated rings. The number of allylic oxidation sites excluding steroid dienone is 2. The average molecular weight is 286 g/mol. The van der Waals surface area contributed by atoms with E-state index in [1.165, 1.54) is 6.42 Å². The van der Waals surface area contributed by atoms with E-state index in [4.69, 9.17) is 18.9 Å².